The summed E-state index contributed by atoms with van der Waals surface area (Å²) in [7, 11) is 1.40. The van der Waals surface area contributed by atoms with E-state index in [0.717, 1.165) is 24.4 Å². The van der Waals surface area contributed by atoms with Gasteiger partial charge in [-0.05, 0) is 49.6 Å². The molecule has 1 fully saturated rings. The molecular weight excluding hydrogens is 420 g/mol. The van der Waals surface area contributed by atoms with Crippen LogP contribution in [-0.4, -0.2) is 24.0 Å². The lowest BCUT2D eigenvalue weighted by Crippen LogP contribution is -2.33. The van der Waals surface area contributed by atoms with E-state index in [1.54, 1.807) is 23.6 Å². The summed E-state index contributed by atoms with van der Waals surface area (Å²) < 4.78 is 33.2. The van der Waals surface area contributed by atoms with Crippen LogP contribution in [0.2, 0.25) is 0 Å². The molecule has 2 atom stereocenters. The van der Waals surface area contributed by atoms with E-state index in [9.17, 15) is 13.6 Å². The molecule has 0 aliphatic heterocycles. The molecule has 1 aliphatic carbocycles. The van der Waals surface area contributed by atoms with Gasteiger partial charge in [-0.3, -0.25) is 4.79 Å². The first-order chi connectivity index (χ1) is 15.0. The van der Waals surface area contributed by atoms with Crippen LogP contribution in [0.3, 0.4) is 0 Å². The van der Waals surface area contributed by atoms with Crippen molar-refractivity contribution in [2.45, 2.75) is 31.7 Å². The highest BCUT2D eigenvalue weighted by Gasteiger charge is 2.28. The van der Waals surface area contributed by atoms with Crippen molar-refractivity contribution >= 4 is 28.1 Å². The number of hydrogen-bond acceptors (Lipinski definition) is 5. The summed E-state index contributed by atoms with van der Waals surface area (Å²) in [6.45, 7) is 0. The summed E-state index contributed by atoms with van der Waals surface area (Å²) in [6, 6.07) is 8.49. The third-order valence-corrected chi connectivity index (χ3v) is 6.20. The van der Waals surface area contributed by atoms with Crippen LogP contribution in [0.1, 0.15) is 25.7 Å². The van der Waals surface area contributed by atoms with Gasteiger partial charge in [-0.15, -0.1) is 11.3 Å². The maximum Gasteiger partial charge on any atom is 0.227 e. The fourth-order valence-electron chi connectivity index (χ4n) is 3.97. The van der Waals surface area contributed by atoms with E-state index in [-0.39, 0.29) is 29.2 Å². The maximum absolute atomic E-state index is 14.5. The average Bonchev–Trinajstić information content (AvgIpc) is 3.28. The molecular formula is C23H23F2N3O2S. The number of methoxy groups -OCH3 is 1. The van der Waals surface area contributed by atoms with E-state index in [1.165, 1.54) is 37.4 Å². The van der Waals surface area contributed by atoms with E-state index in [0.29, 0.717) is 17.7 Å². The van der Waals surface area contributed by atoms with Crippen molar-refractivity contribution < 1.29 is 18.3 Å². The van der Waals surface area contributed by atoms with Gasteiger partial charge in [0, 0.05) is 46.4 Å². The molecule has 162 valence electrons. The highest BCUT2D eigenvalue weighted by molar-refractivity contribution is 7.13. The van der Waals surface area contributed by atoms with Gasteiger partial charge in [0.2, 0.25) is 5.91 Å². The van der Waals surface area contributed by atoms with E-state index < -0.39 is 11.6 Å². The van der Waals surface area contributed by atoms with Gasteiger partial charge in [0.15, 0.2) is 5.13 Å². The Morgan fingerprint density at radius 1 is 1.16 bits per heavy atom. The quantitative estimate of drug-likeness (QED) is 0.513. The first-order valence-electron chi connectivity index (χ1n) is 10.1. The van der Waals surface area contributed by atoms with Gasteiger partial charge in [0.25, 0.3) is 0 Å². The predicted octanol–water partition coefficient (Wildman–Crippen LogP) is 5.71. The van der Waals surface area contributed by atoms with E-state index in [1.807, 2.05) is 5.38 Å². The third kappa shape index (κ3) is 5.02. The van der Waals surface area contributed by atoms with Crippen molar-refractivity contribution in [1.29, 1.82) is 0 Å². The van der Waals surface area contributed by atoms with Crippen LogP contribution in [0, 0.1) is 17.6 Å². The second-order valence-electron chi connectivity index (χ2n) is 7.57. The summed E-state index contributed by atoms with van der Waals surface area (Å²) in [4.78, 5) is 17.1. The number of nitrogens with one attached hydrogen (secondary N) is 2. The molecule has 2 N–H and O–H groups in total. The van der Waals surface area contributed by atoms with Gasteiger partial charge in [0.05, 0.1) is 7.11 Å². The monoisotopic (exact) mass is 443 g/mol. The molecule has 0 unspecified atom stereocenters. The summed E-state index contributed by atoms with van der Waals surface area (Å²) in [6.07, 6.45) is 5.21. The lowest BCUT2D eigenvalue weighted by molar-refractivity contribution is -0.120. The lowest BCUT2D eigenvalue weighted by atomic mass is 9.85. The largest absolute Gasteiger partial charge is 0.496 e. The molecule has 5 nitrogen and oxygen atoms in total. The normalized spacial score (nSPS) is 18.4. The summed E-state index contributed by atoms with van der Waals surface area (Å²) in [5, 5.41) is 9.09. The van der Waals surface area contributed by atoms with Crippen LogP contribution in [-0.2, 0) is 4.79 Å². The molecule has 1 heterocycles. The van der Waals surface area contributed by atoms with Gasteiger partial charge in [0.1, 0.15) is 17.4 Å². The topological polar surface area (TPSA) is 63.2 Å². The molecule has 31 heavy (non-hydrogen) atoms. The Morgan fingerprint density at radius 2 is 2.03 bits per heavy atom. The van der Waals surface area contributed by atoms with Crippen molar-refractivity contribution in [1.82, 2.24) is 4.98 Å². The minimum Gasteiger partial charge on any atom is -0.496 e. The van der Waals surface area contributed by atoms with Gasteiger partial charge < -0.3 is 15.4 Å². The lowest BCUT2D eigenvalue weighted by Gasteiger charge is -2.29. The van der Waals surface area contributed by atoms with Gasteiger partial charge in [-0.2, -0.15) is 0 Å². The number of aromatic nitrogens is 1. The second kappa shape index (κ2) is 9.43. The van der Waals surface area contributed by atoms with E-state index in [2.05, 4.69) is 15.6 Å². The number of carbonyl (C=O) groups excluding carboxylic acids is 1. The summed E-state index contributed by atoms with van der Waals surface area (Å²) in [5.74, 6) is -0.947. The second-order valence-corrected chi connectivity index (χ2v) is 8.47. The zero-order valence-corrected chi connectivity index (χ0v) is 17.8. The summed E-state index contributed by atoms with van der Waals surface area (Å²) in [5.41, 5.74) is 1.15. The number of hydrogen-bond donors (Lipinski definition) is 2. The van der Waals surface area contributed by atoms with Gasteiger partial charge >= 0.3 is 0 Å². The molecule has 2 aromatic carbocycles. The fraction of sp³-hybridized carbons (Fsp3) is 0.304. The average molecular weight is 444 g/mol. The van der Waals surface area contributed by atoms with Crippen molar-refractivity contribution in [3.8, 4) is 16.9 Å². The molecule has 1 aliphatic rings. The zero-order chi connectivity index (χ0) is 21.8. The van der Waals surface area contributed by atoms with Crippen LogP contribution in [0.5, 0.6) is 5.75 Å². The minimum atomic E-state index is -0.478. The molecule has 1 saturated carbocycles. The van der Waals surface area contributed by atoms with Crippen LogP contribution >= 0.6 is 11.3 Å². The number of nitrogens with zero attached hydrogens (tertiary/aromatic N) is 1. The van der Waals surface area contributed by atoms with Crippen molar-refractivity contribution in [3.05, 3.63) is 59.6 Å². The van der Waals surface area contributed by atoms with Crippen LogP contribution in [0.4, 0.5) is 19.6 Å². The smallest absolute Gasteiger partial charge is 0.227 e. The molecule has 3 aromatic rings. The highest BCUT2D eigenvalue weighted by Crippen LogP contribution is 2.34. The Balaban J connectivity index is 1.48. The van der Waals surface area contributed by atoms with Crippen LogP contribution < -0.4 is 15.4 Å². The molecule has 1 aromatic heterocycles. The van der Waals surface area contributed by atoms with Gasteiger partial charge in [-0.25, -0.2) is 13.8 Å². The number of carbonyl (C=O) groups is 1. The number of thiazole rings is 1. The summed E-state index contributed by atoms with van der Waals surface area (Å²) >= 11 is 1.54. The van der Waals surface area contributed by atoms with E-state index >= 15 is 0 Å². The Hall–Kier alpha value is -3.00. The first kappa shape index (κ1) is 21.2. The maximum atomic E-state index is 14.5. The van der Waals surface area contributed by atoms with Crippen LogP contribution in [0.25, 0.3) is 11.1 Å². The van der Waals surface area contributed by atoms with Crippen molar-refractivity contribution in [3.63, 3.8) is 0 Å². The van der Waals surface area contributed by atoms with Gasteiger partial charge in [-0.1, -0.05) is 6.42 Å². The molecule has 0 saturated heterocycles. The Morgan fingerprint density at radius 3 is 2.81 bits per heavy atom. The molecule has 0 spiro atoms. The third-order valence-electron chi connectivity index (χ3n) is 5.49. The SMILES string of the molecule is COc1cc(F)ccc1-c1cc(NC(=O)[C@H]2CCC[C@@H](Nc3nccs3)C2)ccc1F. The Bertz CT molecular complexity index is 1060. The highest BCUT2D eigenvalue weighted by atomic mass is 32.1. The standard InChI is InChI=1S/C23H23F2N3O2S/c1-30-21-12-15(24)5-7-18(21)19-13-17(6-8-20(19)25)27-22(29)14-3-2-4-16(11-14)28-23-26-9-10-31-23/h5-10,12-14,16H,2-4,11H2,1H3,(H,26,28)(H,27,29)/t14-,16+/m0/s1. The Labute approximate surface area is 183 Å². The van der Waals surface area contributed by atoms with Crippen molar-refractivity contribution in [2.24, 2.45) is 5.92 Å². The van der Waals surface area contributed by atoms with Crippen molar-refractivity contribution in [2.75, 3.05) is 17.7 Å². The number of ether oxygens (including phenoxy) is 1. The molecule has 8 heteroatoms. The molecule has 0 radical (unpaired) electrons. The number of halogens is 2. The zero-order valence-electron chi connectivity index (χ0n) is 17.0. The Kier molecular flexibility index (Phi) is 6.46. The number of anilines is 2. The molecule has 1 amide bonds. The van der Waals surface area contributed by atoms with E-state index in [4.69, 9.17) is 4.74 Å². The molecule has 0 bridgehead atoms. The minimum absolute atomic E-state index is 0.0886. The fourth-order valence-corrected chi connectivity index (χ4v) is 4.58. The predicted molar refractivity (Wildman–Crippen MR) is 118 cm³/mol. The van der Waals surface area contributed by atoms with Crippen LogP contribution in [0.15, 0.2) is 48.0 Å². The number of amides is 1. The molecule has 4 rings (SSSR count). The number of rotatable bonds is 6. The first-order valence-corrected chi connectivity index (χ1v) is 11.0. The number of benzene rings is 2.